The monoisotopic (exact) mass is 223 g/mol. The lowest BCUT2D eigenvalue weighted by Gasteiger charge is -2.08. The summed E-state index contributed by atoms with van der Waals surface area (Å²) in [6.45, 7) is 4.40. The fourth-order valence-electron chi connectivity index (χ4n) is 2.73. The van der Waals surface area contributed by atoms with E-state index in [4.69, 9.17) is 4.98 Å². The molecule has 0 aliphatic heterocycles. The Morgan fingerprint density at radius 1 is 1.06 bits per heavy atom. The molecule has 0 unspecified atom stereocenters. The van der Waals surface area contributed by atoms with Crippen LogP contribution in [0.15, 0.2) is 30.3 Å². The van der Waals surface area contributed by atoms with Crippen LogP contribution < -0.4 is 0 Å². The molecule has 0 saturated carbocycles. The van der Waals surface area contributed by atoms with Crippen LogP contribution in [0.2, 0.25) is 0 Å². The van der Waals surface area contributed by atoms with Gasteiger partial charge in [0.15, 0.2) is 0 Å². The summed E-state index contributed by atoms with van der Waals surface area (Å²) < 4.78 is 0. The van der Waals surface area contributed by atoms with Gasteiger partial charge < -0.3 is 0 Å². The highest BCUT2D eigenvalue weighted by molar-refractivity contribution is 5.75. The molecule has 0 bridgehead atoms. The summed E-state index contributed by atoms with van der Waals surface area (Å²) in [4.78, 5) is 4.86. The van der Waals surface area contributed by atoms with Crippen LogP contribution in [-0.2, 0) is 19.3 Å². The molecular weight excluding hydrogens is 206 g/mol. The minimum absolute atomic E-state index is 1.00. The Labute approximate surface area is 103 Å². The van der Waals surface area contributed by atoms with Crippen molar-refractivity contribution in [1.82, 2.24) is 4.98 Å². The first-order valence-corrected chi connectivity index (χ1v) is 6.43. The SMILES string of the molecule is CCc1cc2c(nc1CC)Cc1ccccc1-2. The van der Waals surface area contributed by atoms with Gasteiger partial charge in [-0.1, -0.05) is 38.1 Å². The van der Waals surface area contributed by atoms with Gasteiger partial charge in [0.05, 0.1) is 5.69 Å². The van der Waals surface area contributed by atoms with Crippen LogP contribution in [0, 0.1) is 0 Å². The maximum absolute atomic E-state index is 4.86. The number of rotatable bonds is 2. The highest BCUT2D eigenvalue weighted by Crippen LogP contribution is 2.36. The van der Waals surface area contributed by atoms with E-state index in [1.54, 1.807) is 0 Å². The maximum Gasteiger partial charge on any atom is 0.0529 e. The molecule has 0 fully saturated rings. The van der Waals surface area contributed by atoms with Crippen molar-refractivity contribution < 1.29 is 0 Å². The number of benzene rings is 1. The van der Waals surface area contributed by atoms with Gasteiger partial charge in [-0.3, -0.25) is 4.98 Å². The van der Waals surface area contributed by atoms with Crippen molar-refractivity contribution in [2.45, 2.75) is 33.1 Å². The standard InChI is InChI=1S/C16H17N/c1-3-11-9-14-13-8-6-5-7-12(13)10-16(14)17-15(11)4-2/h5-9H,3-4,10H2,1-2H3. The lowest BCUT2D eigenvalue weighted by atomic mass is 10.0. The summed E-state index contributed by atoms with van der Waals surface area (Å²) >= 11 is 0. The number of pyridine rings is 1. The van der Waals surface area contributed by atoms with E-state index >= 15 is 0 Å². The van der Waals surface area contributed by atoms with Gasteiger partial charge in [-0.25, -0.2) is 0 Å². The zero-order valence-electron chi connectivity index (χ0n) is 10.5. The topological polar surface area (TPSA) is 12.9 Å². The Morgan fingerprint density at radius 3 is 2.65 bits per heavy atom. The first-order chi connectivity index (χ1) is 8.33. The smallest absolute Gasteiger partial charge is 0.0529 e. The minimum atomic E-state index is 1.00. The fourth-order valence-corrected chi connectivity index (χ4v) is 2.73. The molecule has 1 aliphatic carbocycles. The second kappa shape index (κ2) is 3.99. The van der Waals surface area contributed by atoms with E-state index in [0.717, 1.165) is 19.3 Å². The Kier molecular flexibility index (Phi) is 2.47. The van der Waals surface area contributed by atoms with Gasteiger partial charge in [0.1, 0.15) is 0 Å². The van der Waals surface area contributed by atoms with Crippen LogP contribution in [-0.4, -0.2) is 4.98 Å². The molecule has 1 aromatic heterocycles. The van der Waals surface area contributed by atoms with Crippen molar-refractivity contribution in [2.24, 2.45) is 0 Å². The van der Waals surface area contributed by atoms with E-state index < -0.39 is 0 Å². The minimum Gasteiger partial charge on any atom is -0.257 e. The van der Waals surface area contributed by atoms with Gasteiger partial charge in [-0.15, -0.1) is 0 Å². The predicted octanol–water partition coefficient (Wildman–Crippen LogP) is 3.78. The molecule has 1 heterocycles. The molecule has 0 atom stereocenters. The summed E-state index contributed by atoms with van der Waals surface area (Å²) in [5, 5.41) is 0. The number of nitrogens with zero attached hydrogens (tertiary/aromatic N) is 1. The molecule has 1 aromatic carbocycles. The molecule has 1 aliphatic rings. The van der Waals surface area contributed by atoms with Gasteiger partial charge >= 0.3 is 0 Å². The van der Waals surface area contributed by atoms with Crippen LogP contribution in [0.3, 0.4) is 0 Å². The molecule has 0 radical (unpaired) electrons. The van der Waals surface area contributed by atoms with E-state index in [0.29, 0.717) is 0 Å². The van der Waals surface area contributed by atoms with Gasteiger partial charge in [-0.05, 0) is 35.6 Å². The third-order valence-electron chi connectivity index (χ3n) is 3.65. The zero-order valence-corrected chi connectivity index (χ0v) is 10.5. The average Bonchev–Trinajstić information content (AvgIpc) is 2.74. The number of aryl methyl sites for hydroxylation is 2. The van der Waals surface area contributed by atoms with E-state index in [-0.39, 0.29) is 0 Å². The molecule has 17 heavy (non-hydrogen) atoms. The number of aromatic nitrogens is 1. The quantitative estimate of drug-likeness (QED) is 0.644. The van der Waals surface area contributed by atoms with Crippen LogP contribution in [0.1, 0.15) is 36.4 Å². The van der Waals surface area contributed by atoms with Crippen molar-refractivity contribution >= 4 is 0 Å². The Hall–Kier alpha value is -1.63. The Balaban J connectivity index is 2.20. The first-order valence-electron chi connectivity index (χ1n) is 6.43. The van der Waals surface area contributed by atoms with Gasteiger partial charge in [0.25, 0.3) is 0 Å². The molecule has 0 saturated heterocycles. The number of hydrogen-bond acceptors (Lipinski definition) is 1. The van der Waals surface area contributed by atoms with Gasteiger partial charge in [0, 0.05) is 17.7 Å². The second-order valence-corrected chi connectivity index (χ2v) is 4.63. The molecule has 3 rings (SSSR count). The average molecular weight is 223 g/mol. The lowest BCUT2D eigenvalue weighted by Crippen LogP contribution is -1.99. The highest BCUT2D eigenvalue weighted by atomic mass is 14.7. The lowest BCUT2D eigenvalue weighted by molar-refractivity contribution is 0.937. The van der Waals surface area contributed by atoms with Crippen molar-refractivity contribution in [3.63, 3.8) is 0 Å². The third kappa shape index (κ3) is 1.57. The predicted molar refractivity (Wildman–Crippen MR) is 71.2 cm³/mol. The number of hydrogen-bond donors (Lipinski definition) is 0. The Morgan fingerprint density at radius 2 is 1.88 bits per heavy atom. The maximum atomic E-state index is 4.86. The van der Waals surface area contributed by atoms with Gasteiger partial charge in [-0.2, -0.15) is 0 Å². The first kappa shape index (κ1) is 10.5. The van der Waals surface area contributed by atoms with E-state index in [1.165, 1.54) is 33.6 Å². The van der Waals surface area contributed by atoms with Crippen molar-refractivity contribution in [3.8, 4) is 11.1 Å². The molecule has 86 valence electrons. The van der Waals surface area contributed by atoms with Gasteiger partial charge in [0.2, 0.25) is 0 Å². The second-order valence-electron chi connectivity index (χ2n) is 4.63. The molecule has 1 nitrogen and oxygen atoms in total. The van der Waals surface area contributed by atoms with E-state index in [1.807, 2.05) is 0 Å². The third-order valence-corrected chi connectivity index (χ3v) is 3.65. The van der Waals surface area contributed by atoms with E-state index in [2.05, 4.69) is 44.2 Å². The molecule has 1 heteroatoms. The van der Waals surface area contributed by atoms with Crippen LogP contribution in [0.5, 0.6) is 0 Å². The van der Waals surface area contributed by atoms with Crippen molar-refractivity contribution in [1.29, 1.82) is 0 Å². The summed E-state index contributed by atoms with van der Waals surface area (Å²) in [6, 6.07) is 11.0. The highest BCUT2D eigenvalue weighted by Gasteiger charge is 2.20. The summed E-state index contributed by atoms with van der Waals surface area (Å²) in [6.07, 6.45) is 3.11. The van der Waals surface area contributed by atoms with Crippen LogP contribution >= 0.6 is 0 Å². The van der Waals surface area contributed by atoms with Crippen LogP contribution in [0.25, 0.3) is 11.1 Å². The zero-order chi connectivity index (χ0) is 11.8. The molecule has 0 spiro atoms. The van der Waals surface area contributed by atoms with Crippen LogP contribution in [0.4, 0.5) is 0 Å². The molecule has 0 N–H and O–H groups in total. The van der Waals surface area contributed by atoms with Crippen molar-refractivity contribution in [2.75, 3.05) is 0 Å². The molecule has 0 amide bonds. The summed E-state index contributed by atoms with van der Waals surface area (Å²) in [5.41, 5.74) is 8.11. The number of fused-ring (bicyclic) bond motifs is 3. The fraction of sp³-hybridized carbons (Fsp3) is 0.312. The molecular formula is C16H17N. The van der Waals surface area contributed by atoms with E-state index in [9.17, 15) is 0 Å². The largest absolute Gasteiger partial charge is 0.257 e. The Bertz CT molecular complexity index is 570. The normalized spacial score (nSPS) is 12.4. The van der Waals surface area contributed by atoms with Crippen molar-refractivity contribution in [3.05, 3.63) is 52.8 Å². The summed E-state index contributed by atoms with van der Waals surface area (Å²) in [7, 11) is 0. The summed E-state index contributed by atoms with van der Waals surface area (Å²) in [5.74, 6) is 0. The molecule has 2 aromatic rings.